The summed E-state index contributed by atoms with van der Waals surface area (Å²) in [7, 11) is -1.31. The molecule has 0 heterocycles. The molecule has 0 aromatic heterocycles. The first-order valence-electron chi connectivity index (χ1n) is 2.69. The first-order valence-corrected chi connectivity index (χ1v) is 4.32. The van der Waals surface area contributed by atoms with E-state index in [1.807, 2.05) is 13.8 Å². The first kappa shape index (κ1) is 8.06. The Hall–Kier alpha value is 0.0600. The van der Waals surface area contributed by atoms with Crippen LogP contribution in [0.4, 0.5) is 0 Å². The second kappa shape index (κ2) is 3.99. The van der Waals surface area contributed by atoms with Gasteiger partial charge in [0.1, 0.15) is 0 Å². The third kappa shape index (κ3) is 4.23. The smallest absolute Gasteiger partial charge is 0.353 e. The van der Waals surface area contributed by atoms with E-state index in [4.69, 9.17) is 5.11 Å². The van der Waals surface area contributed by atoms with Crippen LogP contribution in [0.5, 0.6) is 0 Å². The highest BCUT2D eigenvalue weighted by molar-refractivity contribution is 7.44. The average molecular weight is 135 g/mol. The van der Waals surface area contributed by atoms with Crippen molar-refractivity contribution in [1.82, 2.24) is 0 Å². The number of aliphatic hydroxyl groups is 1. The molecule has 0 fully saturated rings. The van der Waals surface area contributed by atoms with Gasteiger partial charge >= 0.3 is 7.80 Å². The van der Waals surface area contributed by atoms with Crippen molar-refractivity contribution in [2.45, 2.75) is 13.8 Å². The standard InChI is InChI=1S/C5H12O2P/c1-5(2)3-8(7)4-6/h5-6H,3-4H2,1-2H3/q+1. The van der Waals surface area contributed by atoms with E-state index in [1.165, 1.54) is 0 Å². The summed E-state index contributed by atoms with van der Waals surface area (Å²) in [6, 6.07) is 0. The molecule has 3 heteroatoms. The number of rotatable bonds is 3. The molecule has 2 nitrogen and oxygen atoms in total. The molecule has 0 rings (SSSR count). The van der Waals surface area contributed by atoms with Crippen LogP contribution >= 0.6 is 7.80 Å². The molecule has 0 spiro atoms. The van der Waals surface area contributed by atoms with Crippen molar-refractivity contribution in [3.8, 4) is 0 Å². The zero-order valence-electron chi connectivity index (χ0n) is 5.29. The number of hydrogen-bond acceptors (Lipinski definition) is 2. The summed E-state index contributed by atoms with van der Waals surface area (Å²) in [5, 5.41) is 8.30. The fraction of sp³-hybridized carbons (Fsp3) is 1.00. The Labute approximate surface area is 50.7 Å². The van der Waals surface area contributed by atoms with Crippen LogP contribution in [-0.4, -0.2) is 17.6 Å². The lowest BCUT2D eigenvalue weighted by Crippen LogP contribution is -1.91. The Bertz CT molecular complexity index is 80.5. The second-order valence-corrected chi connectivity index (χ2v) is 3.81. The van der Waals surface area contributed by atoms with E-state index < -0.39 is 7.80 Å². The largest absolute Gasteiger partial charge is 0.366 e. The lowest BCUT2D eigenvalue weighted by molar-refractivity contribution is 0.361. The third-order valence-electron chi connectivity index (χ3n) is 0.727. The van der Waals surface area contributed by atoms with Gasteiger partial charge in [0, 0.05) is 0 Å². The van der Waals surface area contributed by atoms with Gasteiger partial charge in [-0.25, -0.2) is 0 Å². The van der Waals surface area contributed by atoms with Crippen molar-refractivity contribution in [1.29, 1.82) is 0 Å². The maximum atomic E-state index is 10.5. The van der Waals surface area contributed by atoms with Crippen LogP contribution < -0.4 is 0 Å². The van der Waals surface area contributed by atoms with E-state index in [9.17, 15) is 4.57 Å². The Morgan fingerprint density at radius 2 is 2.12 bits per heavy atom. The van der Waals surface area contributed by atoms with E-state index in [0.29, 0.717) is 12.1 Å². The number of hydrogen-bond donors (Lipinski definition) is 1. The monoisotopic (exact) mass is 135 g/mol. The molecular formula is C5H12O2P+. The summed E-state index contributed by atoms with van der Waals surface area (Å²) in [5.74, 6) is 0.436. The molecule has 0 amide bonds. The maximum absolute atomic E-state index is 10.5. The summed E-state index contributed by atoms with van der Waals surface area (Å²) < 4.78 is 10.5. The molecule has 0 aliphatic rings. The zero-order chi connectivity index (χ0) is 6.57. The average Bonchev–Trinajstić information content (AvgIpc) is 1.65. The maximum Gasteiger partial charge on any atom is 0.366 e. The highest BCUT2D eigenvalue weighted by Gasteiger charge is 2.13. The summed E-state index contributed by atoms with van der Waals surface area (Å²) in [6.45, 7) is 3.98. The van der Waals surface area contributed by atoms with Crippen LogP contribution in [0.2, 0.25) is 0 Å². The van der Waals surface area contributed by atoms with Crippen molar-refractivity contribution in [2.24, 2.45) is 5.92 Å². The molecule has 0 saturated carbocycles. The summed E-state index contributed by atoms with van der Waals surface area (Å²) in [6.07, 6.45) is 0.485. The molecule has 0 aromatic rings. The Balaban J connectivity index is 3.25. The van der Waals surface area contributed by atoms with Gasteiger partial charge in [0.25, 0.3) is 0 Å². The van der Waals surface area contributed by atoms with Gasteiger partial charge < -0.3 is 5.11 Å². The van der Waals surface area contributed by atoms with Crippen LogP contribution in [0.1, 0.15) is 13.8 Å². The minimum Gasteiger partial charge on any atom is -0.353 e. The zero-order valence-corrected chi connectivity index (χ0v) is 6.19. The Morgan fingerprint density at radius 1 is 1.62 bits per heavy atom. The molecule has 0 aromatic carbocycles. The third-order valence-corrected chi connectivity index (χ3v) is 2.18. The topological polar surface area (TPSA) is 37.3 Å². The first-order chi connectivity index (χ1) is 3.66. The summed E-state index contributed by atoms with van der Waals surface area (Å²) >= 11 is 0. The van der Waals surface area contributed by atoms with Crippen molar-refractivity contribution in [3.63, 3.8) is 0 Å². The molecule has 48 valence electrons. The van der Waals surface area contributed by atoms with Crippen LogP contribution in [0.3, 0.4) is 0 Å². The minimum absolute atomic E-state index is 0.159. The second-order valence-electron chi connectivity index (χ2n) is 2.20. The van der Waals surface area contributed by atoms with E-state index in [2.05, 4.69) is 0 Å². The van der Waals surface area contributed by atoms with Crippen molar-refractivity contribution in [2.75, 3.05) is 12.5 Å². The van der Waals surface area contributed by atoms with Crippen LogP contribution in [-0.2, 0) is 4.57 Å². The Kier molecular flexibility index (Phi) is 4.02. The van der Waals surface area contributed by atoms with E-state index in [-0.39, 0.29) is 6.35 Å². The molecule has 1 N–H and O–H groups in total. The molecule has 1 atom stereocenters. The fourth-order valence-corrected chi connectivity index (χ4v) is 1.40. The minimum atomic E-state index is -1.31. The summed E-state index contributed by atoms with van der Waals surface area (Å²) in [5.41, 5.74) is 0. The predicted octanol–water partition coefficient (Wildman–Crippen LogP) is 1.42. The van der Waals surface area contributed by atoms with Gasteiger partial charge in [0.15, 0.2) is 6.16 Å². The van der Waals surface area contributed by atoms with Crippen molar-refractivity contribution in [3.05, 3.63) is 0 Å². The highest BCUT2D eigenvalue weighted by atomic mass is 31.1. The van der Waals surface area contributed by atoms with Gasteiger partial charge in [-0.15, -0.1) is 0 Å². The van der Waals surface area contributed by atoms with Gasteiger partial charge in [0.05, 0.1) is 0 Å². The van der Waals surface area contributed by atoms with Gasteiger partial charge in [0.2, 0.25) is 6.35 Å². The fourth-order valence-electron chi connectivity index (χ4n) is 0.465. The van der Waals surface area contributed by atoms with Crippen LogP contribution in [0, 0.1) is 5.92 Å². The molecule has 1 unspecified atom stereocenters. The van der Waals surface area contributed by atoms with Gasteiger partial charge in [-0.1, -0.05) is 18.4 Å². The molecule has 0 aliphatic carbocycles. The van der Waals surface area contributed by atoms with Gasteiger partial charge in [-0.3, -0.25) is 0 Å². The van der Waals surface area contributed by atoms with Gasteiger partial charge in [-0.2, -0.15) is 0 Å². The van der Waals surface area contributed by atoms with E-state index >= 15 is 0 Å². The van der Waals surface area contributed by atoms with E-state index in [1.54, 1.807) is 0 Å². The normalized spacial score (nSPS) is 12.2. The number of aliphatic hydroxyl groups excluding tert-OH is 1. The predicted molar refractivity (Wildman–Crippen MR) is 34.4 cm³/mol. The molecule has 0 aliphatic heterocycles. The molecule has 0 bridgehead atoms. The quantitative estimate of drug-likeness (QED) is 0.594. The van der Waals surface area contributed by atoms with Crippen molar-refractivity contribution >= 4 is 7.80 Å². The van der Waals surface area contributed by atoms with Crippen LogP contribution in [0.25, 0.3) is 0 Å². The lowest BCUT2D eigenvalue weighted by Gasteiger charge is -1.89. The SMILES string of the molecule is CC(C)C[P+](=O)CO. The van der Waals surface area contributed by atoms with Crippen LogP contribution in [0.15, 0.2) is 0 Å². The Morgan fingerprint density at radius 3 is 2.25 bits per heavy atom. The molecule has 8 heavy (non-hydrogen) atoms. The molecular weight excluding hydrogens is 123 g/mol. The van der Waals surface area contributed by atoms with E-state index in [0.717, 1.165) is 0 Å². The van der Waals surface area contributed by atoms with Crippen molar-refractivity contribution < 1.29 is 9.67 Å². The highest BCUT2D eigenvalue weighted by Crippen LogP contribution is 2.21. The lowest BCUT2D eigenvalue weighted by atomic mass is 10.3. The molecule has 0 radical (unpaired) electrons. The molecule has 0 saturated heterocycles. The summed E-state index contributed by atoms with van der Waals surface area (Å²) in [4.78, 5) is 0. The van der Waals surface area contributed by atoms with Gasteiger partial charge in [-0.05, 0) is 5.92 Å².